The topological polar surface area (TPSA) is 96.0 Å². The maximum atomic E-state index is 12.6. The van der Waals surface area contributed by atoms with Crippen LogP contribution in [0.15, 0.2) is 6.20 Å². The Hall–Kier alpha value is -1.66. The van der Waals surface area contributed by atoms with E-state index < -0.39 is 7.14 Å². The molecule has 1 aliphatic carbocycles. The van der Waals surface area contributed by atoms with Crippen molar-refractivity contribution < 1.29 is 9.30 Å². The van der Waals surface area contributed by atoms with E-state index in [1.807, 2.05) is 13.3 Å². The Bertz CT molecular complexity index is 961. The molecule has 0 amide bonds. The molecule has 2 saturated heterocycles. The van der Waals surface area contributed by atoms with Crippen LogP contribution in [0.1, 0.15) is 39.0 Å². The van der Waals surface area contributed by atoms with Crippen LogP contribution >= 0.6 is 7.14 Å². The average Bonchev–Trinajstić information content (AvgIpc) is 3.38. The molecule has 0 aromatic carbocycles. The zero-order chi connectivity index (χ0) is 20.3. The van der Waals surface area contributed by atoms with Crippen LogP contribution in [0.25, 0.3) is 11.0 Å². The van der Waals surface area contributed by atoms with Gasteiger partial charge in [-0.05, 0) is 52.4 Å². The van der Waals surface area contributed by atoms with E-state index in [9.17, 15) is 4.57 Å². The normalized spacial score (nSPS) is 32.2. The number of rotatable bonds is 5. The number of nitrogens with zero attached hydrogens (tertiary/aromatic N) is 4. The summed E-state index contributed by atoms with van der Waals surface area (Å²) < 4.78 is 18.7. The Kier molecular flexibility index (Phi) is 4.44. The van der Waals surface area contributed by atoms with Gasteiger partial charge >= 0.3 is 0 Å². The van der Waals surface area contributed by atoms with Gasteiger partial charge in [0.1, 0.15) is 5.82 Å². The van der Waals surface area contributed by atoms with Gasteiger partial charge in [-0.2, -0.15) is 15.1 Å². The van der Waals surface area contributed by atoms with Crippen LogP contribution in [-0.4, -0.2) is 71.0 Å². The van der Waals surface area contributed by atoms with Crippen molar-refractivity contribution in [3.8, 4) is 0 Å². The Morgan fingerprint density at radius 1 is 1.38 bits per heavy atom. The highest BCUT2D eigenvalue weighted by Crippen LogP contribution is 2.52. The number of anilines is 2. The number of fused-ring (bicyclic) bond motifs is 3. The third kappa shape index (κ3) is 3.55. The van der Waals surface area contributed by atoms with E-state index >= 15 is 0 Å². The van der Waals surface area contributed by atoms with Gasteiger partial charge in [0, 0.05) is 30.7 Å². The molecule has 5 rings (SSSR count). The smallest absolute Gasteiger partial charge is 0.229 e. The standard InChI is InChI=1S/C20H31N6O2P/c1-19-6-7-20(11-19,13-28-19)12-21-16-15-9-22-25-17(15)24-18(23-16)26-8-4-5-14(10-26)29(2,3)27/h9,14H,4-8,10-13H2,1-3H3,(H2,21,22,23,24,25). The third-order valence-corrected chi connectivity index (χ3v) is 9.33. The lowest BCUT2D eigenvalue weighted by Crippen LogP contribution is -2.39. The number of nitrogens with one attached hydrogen (secondary N) is 2. The zero-order valence-electron chi connectivity index (χ0n) is 17.6. The lowest BCUT2D eigenvalue weighted by atomic mass is 9.87. The molecule has 2 bridgehead atoms. The quantitative estimate of drug-likeness (QED) is 0.719. The summed E-state index contributed by atoms with van der Waals surface area (Å²) in [5, 5.41) is 11.7. The molecule has 2 N–H and O–H groups in total. The predicted octanol–water partition coefficient (Wildman–Crippen LogP) is 3.32. The van der Waals surface area contributed by atoms with Crippen molar-refractivity contribution in [1.29, 1.82) is 0 Å². The first-order valence-electron chi connectivity index (χ1n) is 10.6. The van der Waals surface area contributed by atoms with Crippen LogP contribution < -0.4 is 10.2 Å². The number of H-pyrrole nitrogens is 1. The third-order valence-electron chi connectivity index (χ3n) is 7.15. The number of aromatic amines is 1. The van der Waals surface area contributed by atoms with Gasteiger partial charge in [-0.15, -0.1) is 0 Å². The number of hydrogen-bond donors (Lipinski definition) is 2. The Morgan fingerprint density at radius 3 is 2.93 bits per heavy atom. The molecule has 3 aliphatic rings. The first kappa shape index (κ1) is 19.3. The summed E-state index contributed by atoms with van der Waals surface area (Å²) in [5.74, 6) is 1.52. The van der Waals surface area contributed by atoms with E-state index in [1.165, 1.54) is 6.42 Å². The van der Waals surface area contributed by atoms with Gasteiger partial charge in [0.15, 0.2) is 5.65 Å². The Labute approximate surface area is 171 Å². The number of piperidine rings is 1. The van der Waals surface area contributed by atoms with Crippen molar-refractivity contribution in [3.05, 3.63) is 6.20 Å². The van der Waals surface area contributed by atoms with Gasteiger partial charge in [0.05, 0.1) is 30.9 Å². The molecule has 8 nitrogen and oxygen atoms in total. The van der Waals surface area contributed by atoms with E-state index in [0.29, 0.717) is 5.95 Å². The maximum absolute atomic E-state index is 12.6. The molecule has 2 aliphatic heterocycles. The lowest BCUT2D eigenvalue weighted by molar-refractivity contribution is -0.0136. The molecule has 3 atom stereocenters. The second kappa shape index (κ2) is 6.67. The largest absolute Gasteiger partial charge is 0.375 e. The Balaban J connectivity index is 1.40. The molecule has 3 fully saturated rings. The fourth-order valence-electron chi connectivity index (χ4n) is 5.29. The van der Waals surface area contributed by atoms with Crippen molar-refractivity contribution in [3.63, 3.8) is 0 Å². The number of hydrogen-bond acceptors (Lipinski definition) is 7. The molecule has 0 spiro atoms. The molecule has 1 saturated carbocycles. The maximum Gasteiger partial charge on any atom is 0.229 e. The minimum Gasteiger partial charge on any atom is -0.375 e. The minimum absolute atomic E-state index is 0.0561. The van der Waals surface area contributed by atoms with E-state index in [1.54, 1.807) is 6.20 Å². The SMILES string of the molecule is CC12CCC(CNc3nc(N4CCCC(P(C)(C)=O)C4)nc4[nH]ncc34)(CO1)C2. The van der Waals surface area contributed by atoms with Crippen molar-refractivity contribution in [1.82, 2.24) is 20.2 Å². The summed E-state index contributed by atoms with van der Waals surface area (Å²) in [6.45, 7) is 9.33. The van der Waals surface area contributed by atoms with Crippen LogP contribution in [0, 0.1) is 5.41 Å². The Morgan fingerprint density at radius 2 is 2.24 bits per heavy atom. The van der Waals surface area contributed by atoms with Crippen LogP contribution in [0.3, 0.4) is 0 Å². The van der Waals surface area contributed by atoms with Crippen LogP contribution in [0.2, 0.25) is 0 Å². The van der Waals surface area contributed by atoms with Gasteiger partial charge < -0.3 is 19.5 Å². The van der Waals surface area contributed by atoms with Crippen molar-refractivity contribution in [2.45, 2.75) is 50.3 Å². The number of ether oxygens (including phenoxy) is 1. The van der Waals surface area contributed by atoms with Gasteiger partial charge in [0.25, 0.3) is 0 Å². The summed E-state index contributed by atoms with van der Waals surface area (Å²) in [4.78, 5) is 11.8. The van der Waals surface area contributed by atoms with Gasteiger partial charge in [-0.1, -0.05) is 0 Å². The van der Waals surface area contributed by atoms with E-state index in [-0.39, 0.29) is 16.7 Å². The summed E-state index contributed by atoms with van der Waals surface area (Å²) in [6.07, 6.45) is 7.25. The molecule has 0 radical (unpaired) electrons. The molecular formula is C20H31N6O2P. The van der Waals surface area contributed by atoms with Gasteiger partial charge in [0.2, 0.25) is 5.95 Å². The summed E-state index contributed by atoms with van der Waals surface area (Å²) in [5.41, 5.74) is 1.20. The summed E-state index contributed by atoms with van der Waals surface area (Å²) >= 11 is 0. The highest BCUT2D eigenvalue weighted by atomic mass is 31.2. The van der Waals surface area contributed by atoms with E-state index in [0.717, 1.165) is 68.8 Å². The second-order valence-corrected chi connectivity index (χ2v) is 13.5. The van der Waals surface area contributed by atoms with Crippen LogP contribution in [0.5, 0.6) is 0 Å². The molecule has 2 aromatic rings. The van der Waals surface area contributed by atoms with Crippen LogP contribution in [-0.2, 0) is 9.30 Å². The zero-order valence-corrected chi connectivity index (χ0v) is 18.5. The first-order chi connectivity index (χ1) is 13.8. The minimum atomic E-state index is -2.14. The molecule has 2 aromatic heterocycles. The fraction of sp³-hybridized carbons (Fsp3) is 0.750. The first-order valence-corrected chi connectivity index (χ1v) is 13.3. The monoisotopic (exact) mass is 418 g/mol. The van der Waals surface area contributed by atoms with E-state index in [4.69, 9.17) is 14.7 Å². The molecule has 158 valence electrons. The lowest BCUT2D eigenvalue weighted by Gasteiger charge is -2.34. The predicted molar refractivity (Wildman–Crippen MR) is 116 cm³/mol. The second-order valence-electron chi connectivity index (χ2n) is 9.95. The average molecular weight is 418 g/mol. The molecule has 3 unspecified atom stereocenters. The molecule has 9 heteroatoms. The molecule has 29 heavy (non-hydrogen) atoms. The highest BCUT2D eigenvalue weighted by Gasteiger charge is 2.52. The fourth-order valence-corrected chi connectivity index (χ4v) is 6.68. The van der Waals surface area contributed by atoms with Gasteiger partial charge in [-0.3, -0.25) is 5.10 Å². The van der Waals surface area contributed by atoms with Gasteiger partial charge in [-0.25, -0.2) is 0 Å². The van der Waals surface area contributed by atoms with Crippen molar-refractivity contribution in [2.75, 3.05) is 49.8 Å². The number of aromatic nitrogens is 4. The van der Waals surface area contributed by atoms with Crippen molar-refractivity contribution in [2.24, 2.45) is 5.41 Å². The summed E-state index contributed by atoms with van der Waals surface area (Å²) in [7, 11) is -2.14. The van der Waals surface area contributed by atoms with Crippen LogP contribution in [0.4, 0.5) is 11.8 Å². The van der Waals surface area contributed by atoms with E-state index in [2.05, 4.69) is 27.3 Å². The molecular weight excluding hydrogens is 387 g/mol. The van der Waals surface area contributed by atoms with Crippen molar-refractivity contribution >= 4 is 29.9 Å². The molecule has 4 heterocycles. The summed E-state index contributed by atoms with van der Waals surface area (Å²) in [6, 6.07) is 0. The highest BCUT2D eigenvalue weighted by molar-refractivity contribution is 7.63.